The van der Waals surface area contributed by atoms with Crippen molar-refractivity contribution in [3.8, 4) is 0 Å². The molecule has 0 radical (unpaired) electrons. The van der Waals surface area contributed by atoms with Crippen molar-refractivity contribution in [2.24, 2.45) is 0 Å². The van der Waals surface area contributed by atoms with Gasteiger partial charge >= 0.3 is 5.97 Å². The predicted molar refractivity (Wildman–Crippen MR) is 66.7 cm³/mol. The third-order valence-corrected chi connectivity index (χ3v) is 3.01. The van der Waals surface area contributed by atoms with Crippen LogP contribution in [0.3, 0.4) is 0 Å². The maximum atomic E-state index is 10.6. The van der Waals surface area contributed by atoms with Gasteiger partial charge in [0.2, 0.25) is 0 Å². The molecule has 1 aromatic rings. The maximum Gasteiger partial charge on any atom is 0.307 e. The molecular formula is C14H17NO2. The van der Waals surface area contributed by atoms with Crippen LogP contribution in [0.5, 0.6) is 0 Å². The average molecular weight is 231 g/mol. The molecule has 17 heavy (non-hydrogen) atoms. The summed E-state index contributed by atoms with van der Waals surface area (Å²) in [4.78, 5) is 12.9. The lowest BCUT2D eigenvalue weighted by Crippen LogP contribution is -2.28. The molecule has 1 aliphatic rings. The molecule has 0 unspecified atom stereocenters. The summed E-state index contributed by atoms with van der Waals surface area (Å²) in [5.41, 5.74) is 2.37. The number of carboxylic acid groups (broad SMARTS) is 1. The SMILES string of the molecule is O=C(O)CC1=CCN(Cc2ccccc2)CC1. The minimum atomic E-state index is -0.729. The van der Waals surface area contributed by atoms with Crippen molar-refractivity contribution >= 4 is 5.97 Å². The van der Waals surface area contributed by atoms with Crippen LogP contribution >= 0.6 is 0 Å². The minimum Gasteiger partial charge on any atom is -0.481 e. The first-order valence-electron chi connectivity index (χ1n) is 5.90. The van der Waals surface area contributed by atoms with E-state index in [0.29, 0.717) is 0 Å². The topological polar surface area (TPSA) is 40.5 Å². The van der Waals surface area contributed by atoms with E-state index < -0.39 is 5.97 Å². The Balaban J connectivity index is 1.87. The van der Waals surface area contributed by atoms with Crippen LogP contribution < -0.4 is 0 Å². The van der Waals surface area contributed by atoms with Crippen molar-refractivity contribution in [2.75, 3.05) is 13.1 Å². The van der Waals surface area contributed by atoms with Gasteiger partial charge in [-0.3, -0.25) is 9.69 Å². The zero-order valence-corrected chi connectivity index (χ0v) is 9.80. The first-order chi connectivity index (χ1) is 8.24. The summed E-state index contributed by atoms with van der Waals surface area (Å²) in [7, 11) is 0. The van der Waals surface area contributed by atoms with Crippen molar-refractivity contribution in [1.29, 1.82) is 0 Å². The Hall–Kier alpha value is -1.61. The Morgan fingerprint density at radius 3 is 2.65 bits per heavy atom. The zero-order valence-electron chi connectivity index (χ0n) is 9.80. The molecule has 2 rings (SSSR count). The van der Waals surface area contributed by atoms with Gasteiger partial charge in [0.05, 0.1) is 6.42 Å². The highest BCUT2D eigenvalue weighted by Crippen LogP contribution is 2.16. The number of benzene rings is 1. The number of hydrogen-bond donors (Lipinski definition) is 1. The van der Waals surface area contributed by atoms with Crippen molar-refractivity contribution in [3.05, 3.63) is 47.5 Å². The van der Waals surface area contributed by atoms with Crippen molar-refractivity contribution in [2.45, 2.75) is 19.4 Å². The fourth-order valence-corrected chi connectivity index (χ4v) is 2.09. The molecule has 0 saturated carbocycles. The minimum absolute atomic E-state index is 0.194. The van der Waals surface area contributed by atoms with Crippen molar-refractivity contribution < 1.29 is 9.90 Å². The van der Waals surface area contributed by atoms with Gasteiger partial charge in [-0.05, 0) is 12.0 Å². The summed E-state index contributed by atoms with van der Waals surface area (Å²) in [5.74, 6) is -0.729. The number of carbonyl (C=O) groups is 1. The lowest BCUT2D eigenvalue weighted by molar-refractivity contribution is -0.136. The second-order valence-corrected chi connectivity index (χ2v) is 4.40. The van der Waals surface area contributed by atoms with Crippen LogP contribution in [0.2, 0.25) is 0 Å². The predicted octanol–water partition coefficient (Wildman–Crippen LogP) is 2.29. The molecule has 90 valence electrons. The van der Waals surface area contributed by atoms with E-state index in [1.165, 1.54) is 5.56 Å². The second-order valence-electron chi connectivity index (χ2n) is 4.40. The van der Waals surface area contributed by atoms with E-state index in [9.17, 15) is 4.79 Å². The van der Waals surface area contributed by atoms with Crippen LogP contribution in [0, 0.1) is 0 Å². The van der Waals surface area contributed by atoms with E-state index in [0.717, 1.165) is 31.6 Å². The normalized spacial score (nSPS) is 16.6. The van der Waals surface area contributed by atoms with Gasteiger partial charge in [-0.15, -0.1) is 0 Å². The molecule has 0 fully saturated rings. The van der Waals surface area contributed by atoms with Gasteiger partial charge < -0.3 is 5.11 Å². The van der Waals surface area contributed by atoms with Gasteiger partial charge in [-0.25, -0.2) is 0 Å². The number of rotatable bonds is 4. The van der Waals surface area contributed by atoms with Crippen LogP contribution in [-0.4, -0.2) is 29.1 Å². The zero-order chi connectivity index (χ0) is 12.1. The smallest absolute Gasteiger partial charge is 0.307 e. The molecule has 0 spiro atoms. The number of carboxylic acids is 1. The lowest BCUT2D eigenvalue weighted by Gasteiger charge is -2.25. The van der Waals surface area contributed by atoms with Gasteiger partial charge in [0.1, 0.15) is 0 Å². The molecule has 1 aliphatic heterocycles. The summed E-state index contributed by atoms with van der Waals surface area (Å²) in [6.07, 6.45) is 3.12. The van der Waals surface area contributed by atoms with Gasteiger partial charge in [0, 0.05) is 19.6 Å². The average Bonchev–Trinajstić information content (AvgIpc) is 2.32. The van der Waals surface area contributed by atoms with Gasteiger partial charge in [-0.2, -0.15) is 0 Å². The third-order valence-electron chi connectivity index (χ3n) is 3.01. The van der Waals surface area contributed by atoms with Crippen LogP contribution in [-0.2, 0) is 11.3 Å². The molecular weight excluding hydrogens is 214 g/mol. The summed E-state index contributed by atoms with van der Waals surface area (Å²) >= 11 is 0. The molecule has 0 amide bonds. The summed E-state index contributed by atoms with van der Waals surface area (Å²) in [6, 6.07) is 10.4. The quantitative estimate of drug-likeness (QED) is 0.808. The largest absolute Gasteiger partial charge is 0.481 e. The molecule has 1 heterocycles. The first kappa shape index (κ1) is 11.9. The monoisotopic (exact) mass is 231 g/mol. The first-order valence-corrected chi connectivity index (χ1v) is 5.90. The Morgan fingerprint density at radius 1 is 1.29 bits per heavy atom. The van der Waals surface area contributed by atoms with E-state index in [1.807, 2.05) is 18.2 Å². The molecule has 0 bridgehead atoms. The van der Waals surface area contributed by atoms with E-state index in [2.05, 4.69) is 23.1 Å². The number of nitrogens with zero attached hydrogens (tertiary/aromatic N) is 1. The maximum absolute atomic E-state index is 10.6. The van der Waals surface area contributed by atoms with Crippen LogP contribution in [0.15, 0.2) is 42.0 Å². The van der Waals surface area contributed by atoms with Crippen molar-refractivity contribution in [1.82, 2.24) is 4.90 Å². The van der Waals surface area contributed by atoms with Gasteiger partial charge in [0.15, 0.2) is 0 Å². The third kappa shape index (κ3) is 3.71. The summed E-state index contributed by atoms with van der Waals surface area (Å²) < 4.78 is 0. The van der Waals surface area contributed by atoms with Crippen molar-refractivity contribution in [3.63, 3.8) is 0 Å². The van der Waals surface area contributed by atoms with Crippen LogP contribution in [0.1, 0.15) is 18.4 Å². The highest BCUT2D eigenvalue weighted by molar-refractivity contribution is 5.70. The Bertz CT molecular complexity index is 411. The molecule has 1 N–H and O–H groups in total. The van der Waals surface area contributed by atoms with Gasteiger partial charge in [0.25, 0.3) is 0 Å². The fraction of sp³-hybridized carbons (Fsp3) is 0.357. The van der Waals surface area contributed by atoms with Crippen LogP contribution in [0.25, 0.3) is 0 Å². The lowest BCUT2D eigenvalue weighted by atomic mass is 10.0. The van der Waals surface area contributed by atoms with Gasteiger partial charge in [-0.1, -0.05) is 42.0 Å². The molecule has 0 aromatic heterocycles. The summed E-state index contributed by atoms with van der Waals surface area (Å²) in [5, 5.41) is 8.71. The Labute approximate surface area is 101 Å². The van der Waals surface area contributed by atoms with Crippen LogP contribution in [0.4, 0.5) is 0 Å². The number of aliphatic carboxylic acids is 1. The highest BCUT2D eigenvalue weighted by Gasteiger charge is 2.13. The van der Waals surface area contributed by atoms with E-state index in [4.69, 9.17) is 5.11 Å². The molecule has 3 nitrogen and oxygen atoms in total. The highest BCUT2D eigenvalue weighted by atomic mass is 16.4. The molecule has 0 atom stereocenters. The molecule has 0 aliphatic carbocycles. The summed E-state index contributed by atoms with van der Waals surface area (Å²) in [6.45, 7) is 2.75. The van der Waals surface area contributed by atoms with E-state index >= 15 is 0 Å². The molecule has 3 heteroatoms. The Morgan fingerprint density at radius 2 is 2.06 bits per heavy atom. The second kappa shape index (κ2) is 5.64. The standard InChI is InChI=1S/C14H17NO2/c16-14(17)10-12-6-8-15(9-7-12)11-13-4-2-1-3-5-13/h1-6H,7-11H2,(H,16,17). The fourth-order valence-electron chi connectivity index (χ4n) is 2.09. The molecule has 0 saturated heterocycles. The van der Waals surface area contributed by atoms with E-state index in [-0.39, 0.29) is 6.42 Å². The number of hydrogen-bond acceptors (Lipinski definition) is 2. The Kier molecular flexibility index (Phi) is 3.94. The molecule has 1 aromatic carbocycles. The van der Waals surface area contributed by atoms with E-state index in [1.54, 1.807) is 0 Å².